The second kappa shape index (κ2) is 9.88. The third-order valence-corrected chi connectivity index (χ3v) is 5.44. The van der Waals surface area contributed by atoms with Crippen LogP contribution < -0.4 is 5.32 Å². The van der Waals surface area contributed by atoms with E-state index in [4.69, 9.17) is 16.9 Å². The Morgan fingerprint density at radius 3 is 2.74 bits per heavy atom. The summed E-state index contributed by atoms with van der Waals surface area (Å²) in [6.07, 6.45) is -2.54. The molecule has 0 saturated carbocycles. The fourth-order valence-corrected chi connectivity index (χ4v) is 3.80. The van der Waals surface area contributed by atoms with E-state index in [0.29, 0.717) is 30.0 Å². The van der Waals surface area contributed by atoms with E-state index in [0.717, 1.165) is 11.6 Å². The van der Waals surface area contributed by atoms with Gasteiger partial charge in [0.15, 0.2) is 12.2 Å². The van der Waals surface area contributed by atoms with E-state index >= 15 is 0 Å². The van der Waals surface area contributed by atoms with Crippen LogP contribution in [0, 0.1) is 17.1 Å². The molecule has 2 aromatic carbocycles. The van der Waals surface area contributed by atoms with Crippen LogP contribution in [-0.2, 0) is 16.1 Å². The van der Waals surface area contributed by atoms with Gasteiger partial charge in [0.2, 0.25) is 0 Å². The lowest BCUT2D eigenvalue weighted by Crippen LogP contribution is -2.50. The molecule has 3 atom stereocenters. The highest BCUT2D eigenvalue weighted by Crippen LogP contribution is 2.33. The number of aliphatic hydroxyl groups is 2. The summed E-state index contributed by atoms with van der Waals surface area (Å²) in [6.45, 7) is 0.272. The van der Waals surface area contributed by atoms with Gasteiger partial charge in [-0.1, -0.05) is 29.8 Å². The Morgan fingerprint density at radius 2 is 2.03 bits per heavy atom. The normalized spacial score (nSPS) is 17.6. The molecule has 31 heavy (non-hydrogen) atoms. The summed E-state index contributed by atoms with van der Waals surface area (Å²) in [5.74, 6) is -2.39. The number of nitriles is 1. The van der Waals surface area contributed by atoms with E-state index in [1.807, 2.05) is 6.07 Å². The highest BCUT2D eigenvalue weighted by atomic mass is 35.5. The molecule has 0 spiro atoms. The zero-order chi connectivity index (χ0) is 22.5. The Morgan fingerprint density at radius 1 is 1.26 bits per heavy atom. The number of rotatable bonds is 6. The largest absolute Gasteiger partial charge is 0.380 e. The molecule has 2 amide bonds. The SMILES string of the molecule is N#Cc1cc(CNC(=O)[C@H](O)[C@@H](O)C(=O)N2CCCC2c2cccc(Cl)c2)ccc1F. The molecule has 1 heterocycles. The Labute approximate surface area is 183 Å². The van der Waals surface area contributed by atoms with Crippen molar-refractivity contribution in [2.75, 3.05) is 6.54 Å². The first-order valence-electron chi connectivity index (χ1n) is 9.70. The summed E-state index contributed by atoms with van der Waals surface area (Å²) in [4.78, 5) is 26.5. The van der Waals surface area contributed by atoms with Crippen molar-refractivity contribution >= 4 is 23.4 Å². The number of amides is 2. The average molecular weight is 446 g/mol. The molecule has 2 aromatic rings. The molecule has 1 aliphatic rings. The van der Waals surface area contributed by atoms with Crippen LogP contribution in [0.4, 0.5) is 4.39 Å². The number of likely N-dealkylation sites (tertiary alicyclic amines) is 1. The topological polar surface area (TPSA) is 114 Å². The molecule has 162 valence electrons. The Hall–Kier alpha value is -2.99. The van der Waals surface area contributed by atoms with Crippen molar-refractivity contribution in [2.24, 2.45) is 0 Å². The zero-order valence-electron chi connectivity index (χ0n) is 16.5. The first kappa shape index (κ1) is 22.7. The lowest BCUT2D eigenvalue weighted by molar-refractivity contribution is -0.153. The smallest absolute Gasteiger partial charge is 0.255 e. The maximum atomic E-state index is 13.4. The number of nitrogens with zero attached hydrogens (tertiary/aromatic N) is 2. The van der Waals surface area contributed by atoms with Crippen molar-refractivity contribution in [2.45, 2.75) is 37.6 Å². The van der Waals surface area contributed by atoms with Gasteiger partial charge in [0.05, 0.1) is 11.6 Å². The predicted octanol–water partition coefficient (Wildman–Crippen LogP) is 2.05. The van der Waals surface area contributed by atoms with Gasteiger partial charge in [-0.15, -0.1) is 0 Å². The van der Waals surface area contributed by atoms with E-state index in [1.165, 1.54) is 17.0 Å². The summed E-state index contributed by atoms with van der Waals surface area (Å²) in [5, 5.41) is 32.3. The molecular formula is C22H21ClFN3O4. The molecular weight excluding hydrogens is 425 g/mol. The minimum absolute atomic E-state index is 0.110. The van der Waals surface area contributed by atoms with E-state index in [-0.39, 0.29) is 18.2 Å². The molecule has 3 rings (SSSR count). The maximum absolute atomic E-state index is 13.4. The van der Waals surface area contributed by atoms with Gasteiger partial charge in [0.25, 0.3) is 11.8 Å². The number of carbonyl (C=O) groups excluding carboxylic acids is 2. The predicted molar refractivity (Wildman–Crippen MR) is 110 cm³/mol. The standard InChI is InChI=1S/C22H21ClFN3O4/c23-16-4-1-3-14(10-16)18-5-2-8-27(18)22(31)20(29)19(28)21(30)26-12-13-6-7-17(24)15(9-13)11-25/h1,3-4,6-7,9-10,18-20,28-29H,2,5,8,12H2,(H,26,30)/t18?,19-,20-/m1/s1. The second-order valence-electron chi connectivity index (χ2n) is 7.28. The minimum atomic E-state index is -1.98. The number of hydrogen-bond acceptors (Lipinski definition) is 5. The molecule has 7 nitrogen and oxygen atoms in total. The lowest BCUT2D eigenvalue weighted by Gasteiger charge is -2.28. The van der Waals surface area contributed by atoms with Crippen LogP contribution in [0.1, 0.15) is 35.6 Å². The minimum Gasteiger partial charge on any atom is -0.380 e. The van der Waals surface area contributed by atoms with Gasteiger partial charge in [-0.25, -0.2) is 4.39 Å². The van der Waals surface area contributed by atoms with Crippen LogP contribution >= 0.6 is 11.6 Å². The number of aliphatic hydroxyl groups excluding tert-OH is 2. The summed E-state index contributed by atoms with van der Waals surface area (Å²) in [6, 6.07) is 12.2. The summed E-state index contributed by atoms with van der Waals surface area (Å²) >= 11 is 6.03. The monoisotopic (exact) mass is 445 g/mol. The van der Waals surface area contributed by atoms with Crippen molar-refractivity contribution in [1.82, 2.24) is 10.2 Å². The van der Waals surface area contributed by atoms with E-state index in [9.17, 15) is 24.2 Å². The van der Waals surface area contributed by atoms with Gasteiger partial charge in [-0.05, 0) is 48.2 Å². The van der Waals surface area contributed by atoms with E-state index < -0.39 is 29.8 Å². The Bertz CT molecular complexity index is 1030. The molecule has 0 radical (unpaired) electrons. The summed E-state index contributed by atoms with van der Waals surface area (Å²) in [5.41, 5.74) is 1.07. The molecule has 1 saturated heterocycles. The molecule has 9 heteroatoms. The fraction of sp³-hybridized carbons (Fsp3) is 0.318. The third-order valence-electron chi connectivity index (χ3n) is 5.21. The van der Waals surface area contributed by atoms with E-state index in [1.54, 1.807) is 24.3 Å². The van der Waals surface area contributed by atoms with Crippen LogP contribution in [0.15, 0.2) is 42.5 Å². The molecule has 3 N–H and O–H groups in total. The Balaban J connectivity index is 1.63. The van der Waals surface area contributed by atoms with Gasteiger partial charge in [-0.3, -0.25) is 9.59 Å². The van der Waals surface area contributed by atoms with Gasteiger partial charge in [0.1, 0.15) is 11.9 Å². The van der Waals surface area contributed by atoms with Gasteiger partial charge < -0.3 is 20.4 Å². The van der Waals surface area contributed by atoms with Crippen molar-refractivity contribution in [1.29, 1.82) is 5.26 Å². The molecule has 1 fully saturated rings. The van der Waals surface area contributed by atoms with Crippen LogP contribution in [-0.4, -0.2) is 45.7 Å². The highest BCUT2D eigenvalue weighted by Gasteiger charge is 2.38. The van der Waals surface area contributed by atoms with Crippen LogP contribution in [0.2, 0.25) is 5.02 Å². The van der Waals surface area contributed by atoms with Crippen LogP contribution in [0.5, 0.6) is 0 Å². The van der Waals surface area contributed by atoms with Gasteiger partial charge >= 0.3 is 0 Å². The fourth-order valence-electron chi connectivity index (χ4n) is 3.60. The third kappa shape index (κ3) is 5.20. The molecule has 1 aliphatic heterocycles. The lowest BCUT2D eigenvalue weighted by atomic mass is 10.0. The molecule has 0 aromatic heterocycles. The van der Waals surface area contributed by atoms with Crippen LogP contribution in [0.25, 0.3) is 0 Å². The first-order chi connectivity index (χ1) is 14.8. The molecule has 0 aliphatic carbocycles. The molecule has 1 unspecified atom stereocenters. The first-order valence-corrected chi connectivity index (χ1v) is 10.1. The summed E-state index contributed by atoms with van der Waals surface area (Å²) < 4.78 is 13.4. The second-order valence-corrected chi connectivity index (χ2v) is 7.71. The van der Waals surface area contributed by atoms with Crippen molar-refractivity contribution in [3.8, 4) is 6.07 Å². The Kier molecular flexibility index (Phi) is 7.23. The van der Waals surface area contributed by atoms with Crippen molar-refractivity contribution in [3.63, 3.8) is 0 Å². The van der Waals surface area contributed by atoms with Crippen molar-refractivity contribution < 1.29 is 24.2 Å². The zero-order valence-corrected chi connectivity index (χ0v) is 17.2. The number of halogens is 2. The van der Waals surface area contributed by atoms with E-state index in [2.05, 4.69) is 5.32 Å². The van der Waals surface area contributed by atoms with Crippen molar-refractivity contribution in [3.05, 3.63) is 70.0 Å². The summed E-state index contributed by atoms with van der Waals surface area (Å²) in [7, 11) is 0. The number of nitrogens with one attached hydrogen (secondary N) is 1. The number of benzene rings is 2. The highest BCUT2D eigenvalue weighted by molar-refractivity contribution is 6.30. The molecule has 0 bridgehead atoms. The maximum Gasteiger partial charge on any atom is 0.255 e. The van der Waals surface area contributed by atoms with Gasteiger partial charge in [0, 0.05) is 18.1 Å². The van der Waals surface area contributed by atoms with Gasteiger partial charge in [-0.2, -0.15) is 5.26 Å². The number of hydrogen-bond donors (Lipinski definition) is 3. The van der Waals surface area contributed by atoms with Crippen LogP contribution in [0.3, 0.4) is 0 Å². The average Bonchev–Trinajstić information content (AvgIpc) is 3.26. The number of carbonyl (C=O) groups is 2. The quantitative estimate of drug-likeness (QED) is 0.629.